The smallest absolute Gasteiger partial charge is 0.220 e. The first-order valence-electron chi connectivity index (χ1n) is 6.37. The average Bonchev–Trinajstić information content (AvgIpc) is 2.32. The zero-order valence-electron chi connectivity index (χ0n) is 11.8. The van der Waals surface area contributed by atoms with Crippen LogP contribution in [-0.4, -0.2) is 16.6 Å². The summed E-state index contributed by atoms with van der Waals surface area (Å²) in [6.45, 7) is 8.64. The van der Waals surface area contributed by atoms with Crippen molar-refractivity contribution in [2.24, 2.45) is 0 Å². The van der Waals surface area contributed by atoms with Gasteiger partial charge in [0.05, 0.1) is 12.3 Å². The van der Waals surface area contributed by atoms with Gasteiger partial charge in [0.25, 0.3) is 0 Å². The Morgan fingerprint density at radius 1 is 1.05 bits per heavy atom. The second kappa shape index (κ2) is 5.26. The second-order valence-electron chi connectivity index (χ2n) is 4.62. The molecule has 100 valence electrons. The van der Waals surface area contributed by atoms with Gasteiger partial charge in [-0.2, -0.15) is 0 Å². The van der Waals surface area contributed by atoms with Gasteiger partial charge in [0.15, 0.2) is 0 Å². The molecule has 2 rings (SSSR count). The predicted molar refractivity (Wildman–Crippen MR) is 77.3 cm³/mol. The molecule has 0 atom stereocenters. The van der Waals surface area contributed by atoms with Gasteiger partial charge in [-0.1, -0.05) is 0 Å². The number of anilines is 1. The maximum absolute atomic E-state index is 5.72. The van der Waals surface area contributed by atoms with Crippen molar-refractivity contribution in [3.8, 4) is 17.0 Å². The van der Waals surface area contributed by atoms with Crippen LogP contribution in [0.5, 0.6) is 5.75 Å². The van der Waals surface area contributed by atoms with Crippen LogP contribution in [0.4, 0.5) is 5.95 Å². The highest BCUT2D eigenvalue weighted by Crippen LogP contribution is 2.29. The van der Waals surface area contributed by atoms with E-state index in [1.165, 1.54) is 0 Å². The summed E-state index contributed by atoms with van der Waals surface area (Å²) >= 11 is 0. The van der Waals surface area contributed by atoms with Crippen molar-refractivity contribution < 1.29 is 4.74 Å². The molecule has 1 aromatic carbocycles. The molecule has 0 saturated heterocycles. The number of nitrogens with zero attached hydrogens (tertiary/aromatic N) is 2. The number of aromatic nitrogens is 2. The van der Waals surface area contributed by atoms with E-state index in [1.807, 2.05) is 39.8 Å². The Balaban J connectivity index is 2.53. The molecule has 0 aliphatic heterocycles. The van der Waals surface area contributed by atoms with E-state index in [1.54, 1.807) is 0 Å². The Hall–Kier alpha value is -2.10. The van der Waals surface area contributed by atoms with Crippen LogP contribution in [-0.2, 0) is 0 Å². The van der Waals surface area contributed by atoms with Crippen molar-refractivity contribution in [1.82, 2.24) is 9.97 Å². The van der Waals surface area contributed by atoms with E-state index < -0.39 is 0 Å². The van der Waals surface area contributed by atoms with Crippen LogP contribution in [0.1, 0.15) is 23.7 Å². The van der Waals surface area contributed by atoms with E-state index in [9.17, 15) is 0 Å². The lowest BCUT2D eigenvalue weighted by atomic mass is 10.0. The third-order valence-corrected chi connectivity index (χ3v) is 2.97. The maximum atomic E-state index is 5.72. The van der Waals surface area contributed by atoms with Crippen LogP contribution in [0.15, 0.2) is 18.2 Å². The number of rotatable bonds is 3. The summed E-state index contributed by atoms with van der Waals surface area (Å²) in [5.74, 6) is 1.23. The van der Waals surface area contributed by atoms with Gasteiger partial charge >= 0.3 is 0 Å². The highest BCUT2D eigenvalue weighted by molar-refractivity contribution is 5.67. The lowest BCUT2D eigenvalue weighted by Crippen LogP contribution is -2.00. The Morgan fingerprint density at radius 2 is 1.79 bits per heavy atom. The topological polar surface area (TPSA) is 61.0 Å². The minimum Gasteiger partial charge on any atom is -0.494 e. The van der Waals surface area contributed by atoms with Gasteiger partial charge in [0, 0.05) is 11.3 Å². The van der Waals surface area contributed by atoms with Gasteiger partial charge in [0.1, 0.15) is 5.75 Å². The van der Waals surface area contributed by atoms with Crippen LogP contribution in [0.25, 0.3) is 11.3 Å². The summed E-state index contributed by atoms with van der Waals surface area (Å²) in [5.41, 5.74) is 10.7. The van der Waals surface area contributed by atoms with Crippen molar-refractivity contribution >= 4 is 5.95 Å². The molecule has 0 unspecified atom stereocenters. The maximum Gasteiger partial charge on any atom is 0.220 e. The first-order chi connectivity index (χ1) is 9.01. The molecule has 2 N–H and O–H groups in total. The van der Waals surface area contributed by atoms with Crippen LogP contribution < -0.4 is 10.5 Å². The molecule has 1 heterocycles. The number of aryl methyl sites for hydroxylation is 3. The Kier molecular flexibility index (Phi) is 3.69. The van der Waals surface area contributed by atoms with E-state index in [0.717, 1.165) is 33.8 Å². The van der Waals surface area contributed by atoms with Gasteiger partial charge in [-0.3, -0.25) is 0 Å². The van der Waals surface area contributed by atoms with Gasteiger partial charge < -0.3 is 10.5 Å². The molecular weight excluding hydrogens is 238 g/mol. The standard InChI is InChI=1S/C15H19N3O/c1-5-19-14-7-9(2)12(6-10(14)3)13-8-11(4)17-15(16)18-13/h6-8H,5H2,1-4H3,(H2,16,17,18). The molecule has 0 amide bonds. The van der Waals surface area contributed by atoms with Crippen LogP contribution in [0.2, 0.25) is 0 Å². The van der Waals surface area contributed by atoms with Gasteiger partial charge in [-0.05, 0) is 57.0 Å². The van der Waals surface area contributed by atoms with E-state index in [0.29, 0.717) is 12.6 Å². The van der Waals surface area contributed by atoms with Crippen molar-refractivity contribution in [2.75, 3.05) is 12.3 Å². The van der Waals surface area contributed by atoms with Gasteiger partial charge in [-0.15, -0.1) is 0 Å². The number of benzene rings is 1. The fourth-order valence-electron chi connectivity index (χ4n) is 2.11. The summed E-state index contributed by atoms with van der Waals surface area (Å²) in [6.07, 6.45) is 0. The van der Waals surface area contributed by atoms with Gasteiger partial charge in [-0.25, -0.2) is 9.97 Å². The third kappa shape index (κ3) is 2.84. The summed E-state index contributed by atoms with van der Waals surface area (Å²) in [4.78, 5) is 8.41. The van der Waals surface area contributed by atoms with E-state index in [2.05, 4.69) is 16.0 Å². The van der Waals surface area contributed by atoms with Crippen LogP contribution in [0.3, 0.4) is 0 Å². The largest absolute Gasteiger partial charge is 0.494 e. The van der Waals surface area contributed by atoms with Gasteiger partial charge in [0.2, 0.25) is 5.95 Å². The van der Waals surface area contributed by atoms with E-state index in [-0.39, 0.29) is 0 Å². The molecule has 0 aliphatic carbocycles. The Morgan fingerprint density at radius 3 is 2.42 bits per heavy atom. The molecule has 0 spiro atoms. The number of hydrogen-bond acceptors (Lipinski definition) is 4. The summed E-state index contributed by atoms with van der Waals surface area (Å²) in [5, 5.41) is 0. The van der Waals surface area contributed by atoms with E-state index >= 15 is 0 Å². The minimum absolute atomic E-state index is 0.306. The number of nitrogens with two attached hydrogens (primary N) is 1. The van der Waals surface area contributed by atoms with Crippen molar-refractivity contribution in [1.29, 1.82) is 0 Å². The molecule has 0 aliphatic rings. The average molecular weight is 257 g/mol. The molecule has 4 nitrogen and oxygen atoms in total. The quantitative estimate of drug-likeness (QED) is 0.918. The third-order valence-electron chi connectivity index (χ3n) is 2.97. The fourth-order valence-corrected chi connectivity index (χ4v) is 2.11. The van der Waals surface area contributed by atoms with Crippen LogP contribution >= 0.6 is 0 Å². The lowest BCUT2D eigenvalue weighted by Gasteiger charge is -2.12. The molecule has 4 heteroatoms. The summed E-state index contributed by atoms with van der Waals surface area (Å²) < 4.78 is 5.60. The fraction of sp³-hybridized carbons (Fsp3) is 0.333. The SMILES string of the molecule is CCOc1cc(C)c(-c2cc(C)nc(N)n2)cc1C. The molecule has 1 aromatic heterocycles. The summed E-state index contributed by atoms with van der Waals surface area (Å²) in [7, 11) is 0. The Bertz CT molecular complexity index is 588. The van der Waals surface area contributed by atoms with Crippen LogP contribution in [0, 0.1) is 20.8 Å². The van der Waals surface area contributed by atoms with Crippen molar-refractivity contribution in [2.45, 2.75) is 27.7 Å². The van der Waals surface area contributed by atoms with Crippen molar-refractivity contribution in [3.63, 3.8) is 0 Å². The highest BCUT2D eigenvalue weighted by Gasteiger charge is 2.09. The normalized spacial score (nSPS) is 10.5. The summed E-state index contributed by atoms with van der Waals surface area (Å²) in [6, 6.07) is 6.07. The highest BCUT2D eigenvalue weighted by atomic mass is 16.5. The molecule has 0 fully saturated rings. The molecule has 2 aromatic rings. The first-order valence-corrected chi connectivity index (χ1v) is 6.37. The first kappa shape index (κ1) is 13.3. The molecule has 0 bridgehead atoms. The number of ether oxygens (including phenoxy) is 1. The zero-order chi connectivity index (χ0) is 14.0. The Labute approximate surface area is 113 Å². The second-order valence-corrected chi connectivity index (χ2v) is 4.62. The molecular formula is C15H19N3O. The zero-order valence-corrected chi connectivity index (χ0v) is 11.8. The molecule has 0 radical (unpaired) electrons. The predicted octanol–water partition coefficient (Wildman–Crippen LogP) is 3.05. The monoisotopic (exact) mass is 257 g/mol. The van der Waals surface area contributed by atoms with E-state index in [4.69, 9.17) is 10.5 Å². The lowest BCUT2D eigenvalue weighted by molar-refractivity contribution is 0.337. The molecule has 19 heavy (non-hydrogen) atoms. The van der Waals surface area contributed by atoms with Crippen molar-refractivity contribution in [3.05, 3.63) is 35.0 Å². The molecule has 0 saturated carbocycles. The number of nitrogen functional groups attached to an aromatic ring is 1. The minimum atomic E-state index is 0.306. The number of hydrogen-bond donors (Lipinski definition) is 1.